The molecule has 0 fully saturated rings. The molecule has 3 N–H and O–H groups in total. The molecule has 0 aliphatic carbocycles. The van der Waals surface area contributed by atoms with Crippen molar-refractivity contribution in [3.8, 4) is 17.2 Å². The van der Waals surface area contributed by atoms with E-state index in [1.54, 1.807) is 54.6 Å². The number of amides is 3. The second-order valence-electron chi connectivity index (χ2n) is 9.51. The third-order valence-electron chi connectivity index (χ3n) is 6.38. The van der Waals surface area contributed by atoms with Crippen molar-refractivity contribution in [3.05, 3.63) is 113 Å². The molecular formula is C34H33N3O6S. The van der Waals surface area contributed by atoms with E-state index in [2.05, 4.69) is 16.0 Å². The van der Waals surface area contributed by atoms with Crippen molar-refractivity contribution < 1.29 is 28.6 Å². The summed E-state index contributed by atoms with van der Waals surface area (Å²) in [6.45, 7) is 1.99. The molecule has 4 rings (SSSR count). The van der Waals surface area contributed by atoms with Crippen LogP contribution in [0.4, 0.5) is 11.4 Å². The molecule has 0 aromatic heterocycles. The summed E-state index contributed by atoms with van der Waals surface area (Å²) in [6.07, 6.45) is 1.51. The zero-order valence-electron chi connectivity index (χ0n) is 24.8. The van der Waals surface area contributed by atoms with E-state index in [1.165, 1.54) is 39.2 Å². The van der Waals surface area contributed by atoms with E-state index in [0.717, 1.165) is 16.1 Å². The van der Waals surface area contributed by atoms with Gasteiger partial charge in [0, 0.05) is 33.5 Å². The van der Waals surface area contributed by atoms with Crippen LogP contribution < -0.4 is 30.2 Å². The van der Waals surface area contributed by atoms with Gasteiger partial charge in [-0.25, -0.2) is 0 Å². The fourth-order valence-electron chi connectivity index (χ4n) is 4.08. The summed E-state index contributed by atoms with van der Waals surface area (Å²) in [6, 6.07) is 26.5. The third-order valence-corrected chi connectivity index (χ3v) is 7.39. The number of methoxy groups -OCH3 is 3. The molecule has 0 spiro atoms. The Balaban J connectivity index is 1.50. The number of anilines is 2. The summed E-state index contributed by atoms with van der Waals surface area (Å²) in [5, 5.41) is 8.43. The van der Waals surface area contributed by atoms with Gasteiger partial charge in [-0.1, -0.05) is 35.9 Å². The van der Waals surface area contributed by atoms with E-state index in [-0.39, 0.29) is 17.4 Å². The van der Waals surface area contributed by atoms with Gasteiger partial charge in [0.1, 0.15) is 11.4 Å². The average molecular weight is 612 g/mol. The Bertz CT molecular complexity index is 1640. The normalized spacial score (nSPS) is 10.9. The van der Waals surface area contributed by atoms with Crippen LogP contribution in [0.15, 0.2) is 102 Å². The molecule has 0 saturated carbocycles. The molecule has 0 unspecified atom stereocenters. The number of thioether (sulfide) groups is 1. The predicted octanol–water partition coefficient (Wildman–Crippen LogP) is 6.16. The summed E-state index contributed by atoms with van der Waals surface area (Å²) in [5.41, 5.74) is 3.22. The summed E-state index contributed by atoms with van der Waals surface area (Å²) >= 11 is 1.37. The maximum atomic E-state index is 13.5. The Morgan fingerprint density at radius 1 is 0.727 bits per heavy atom. The van der Waals surface area contributed by atoms with E-state index < -0.39 is 11.8 Å². The summed E-state index contributed by atoms with van der Waals surface area (Å²) in [4.78, 5) is 39.8. The molecular weight excluding hydrogens is 578 g/mol. The van der Waals surface area contributed by atoms with E-state index in [9.17, 15) is 14.4 Å². The van der Waals surface area contributed by atoms with Crippen LogP contribution in [0, 0.1) is 6.92 Å². The monoisotopic (exact) mass is 611 g/mol. The summed E-state index contributed by atoms with van der Waals surface area (Å²) in [7, 11) is 4.50. The zero-order valence-corrected chi connectivity index (χ0v) is 25.6. The van der Waals surface area contributed by atoms with Gasteiger partial charge in [0.2, 0.25) is 5.91 Å². The highest BCUT2D eigenvalue weighted by molar-refractivity contribution is 8.00. The van der Waals surface area contributed by atoms with Crippen molar-refractivity contribution >= 4 is 46.9 Å². The zero-order chi connectivity index (χ0) is 31.5. The van der Waals surface area contributed by atoms with Gasteiger partial charge in [-0.2, -0.15) is 0 Å². The fraction of sp³-hybridized carbons (Fsp3) is 0.147. The minimum absolute atomic E-state index is 0.0180. The van der Waals surface area contributed by atoms with E-state index in [4.69, 9.17) is 14.2 Å². The average Bonchev–Trinajstić information content (AvgIpc) is 3.05. The number of carbonyl (C=O) groups excluding carboxylic acids is 3. The minimum atomic E-state index is -0.552. The topological polar surface area (TPSA) is 115 Å². The van der Waals surface area contributed by atoms with Gasteiger partial charge in [0.25, 0.3) is 11.8 Å². The van der Waals surface area contributed by atoms with Crippen molar-refractivity contribution in [1.82, 2.24) is 5.32 Å². The molecule has 3 amide bonds. The summed E-state index contributed by atoms with van der Waals surface area (Å²) < 4.78 is 16.3. The highest BCUT2D eigenvalue weighted by Gasteiger charge is 2.18. The van der Waals surface area contributed by atoms with Gasteiger partial charge >= 0.3 is 0 Å². The SMILES string of the molecule is COc1cc(OC)c(OC)cc1/C=C(\NC(=O)c1ccccc1)C(=O)Nc1ccc(SCC(=O)Nc2ccc(C)cc2)cc1. The molecule has 0 aliphatic heterocycles. The van der Waals surface area contributed by atoms with Gasteiger partial charge in [0.15, 0.2) is 11.5 Å². The van der Waals surface area contributed by atoms with Crippen LogP contribution in [0.1, 0.15) is 21.5 Å². The number of carbonyl (C=O) groups is 3. The van der Waals surface area contributed by atoms with Crippen LogP contribution >= 0.6 is 11.8 Å². The van der Waals surface area contributed by atoms with Gasteiger partial charge in [-0.05, 0) is 67.6 Å². The largest absolute Gasteiger partial charge is 0.496 e. The van der Waals surface area contributed by atoms with Gasteiger partial charge in [-0.3, -0.25) is 14.4 Å². The molecule has 9 nitrogen and oxygen atoms in total. The van der Waals surface area contributed by atoms with Crippen LogP contribution in [0.2, 0.25) is 0 Å². The van der Waals surface area contributed by atoms with Crippen LogP contribution in [0.3, 0.4) is 0 Å². The molecule has 4 aromatic carbocycles. The van der Waals surface area contributed by atoms with Gasteiger partial charge in [-0.15, -0.1) is 11.8 Å². The molecule has 10 heteroatoms. The number of benzene rings is 4. The molecule has 0 atom stereocenters. The molecule has 0 bridgehead atoms. The van der Waals surface area contributed by atoms with Crippen molar-refractivity contribution in [1.29, 1.82) is 0 Å². The van der Waals surface area contributed by atoms with Crippen molar-refractivity contribution in [2.45, 2.75) is 11.8 Å². The summed E-state index contributed by atoms with van der Waals surface area (Å²) in [5.74, 6) is 0.387. The minimum Gasteiger partial charge on any atom is -0.496 e. The van der Waals surface area contributed by atoms with Crippen LogP contribution in [0.25, 0.3) is 6.08 Å². The second-order valence-corrected chi connectivity index (χ2v) is 10.6. The number of aryl methyl sites for hydroxylation is 1. The Morgan fingerprint density at radius 3 is 1.95 bits per heavy atom. The number of nitrogens with one attached hydrogen (secondary N) is 3. The maximum Gasteiger partial charge on any atom is 0.272 e. The lowest BCUT2D eigenvalue weighted by Crippen LogP contribution is -2.30. The molecule has 0 radical (unpaired) electrons. The van der Waals surface area contributed by atoms with Crippen LogP contribution in [-0.2, 0) is 9.59 Å². The molecule has 0 saturated heterocycles. The highest BCUT2D eigenvalue weighted by Crippen LogP contribution is 2.35. The standard InChI is InChI=1S/C34H33N3O6S/c1-22-10-12-25(13-11-22)35-32(38)21-44-27-16-14-26(15-17-27)36-34(40)28(37-33(39)23-8-6-5-7-9-23)18-24-19-30(42-3)31(43-4)20-29(24)41-2/h5-20H,21H2,1-4H3,(H,35,38)(H,36,40)(H,37,39)/b28-18-. The Hall–Kier alpha value is -5.22. The molecule has 44 heavy (non-hydrogen) atoms. The quantitative estimate of drug-likeness (QED) is 0.130. The van der Waals surface area contributed by atoms with Gasteiger partial charge < -0.3 is 30.2 Å². The Kier molecular flexibility index (Phi) is 11.0. The number of ether oxygens (including phenoxy) is 3. The number of hydrogen-bond acceptors (Lipinski definition) is 7. The first-order valence-electron chi connectivity index (χ1n) is 13.6. The number of hydrogen-bond donors (Lipinski definition) is 3. The Labute approximate surface area is 260 Å². The van der Waals surface area contributed by atoms with Crippen LogP contribution in [-0.4, -0.2) is 44.8 Å². The fourth-order valence-corrected chi connectivity index (χ4v) is 4.78. The van der Waals surface area contributed by atoms with Crippen molar-refractivity contribution in [2.75, 3.05) is 37.7 Å². The lowest BCUT2D eigenvalue weighted by atomic mass is 10.1. The molecule has 0 aliphatic rings. The van der Waals surface area contributed by atoms with Crippen LogP contribution in [0.5, 0.6) is 17.2 Å². The lowest BCUT2D eigenvalue weighted by Gasteiger charge is -2.15. The van der Waals surface area contributed by atoms with E-state index in [0.29, 0.717) is 34.1 Å². The van der Waals surface area contributed by atoms with E-state index >= 15 is 0 Å². The highest BCUT2D eigenvalue weighted by atomic mass is 32.2. The first kappa shape index (κ1) is 31.7. The maximum absolute atomic E-state index is 13.5. The number of rotatable bonds is 12. The second kappa shape index (κ2) is 15.3. The predicted molar refractivity (Wildman–Crippen MR) is 174 cm³/mol. The molecule has 4 aromatic rings. The van der Waals surface area contributed by atoms with Crippen molar-refractivity contribution in [2.24, 2.45) is 0 Å². The molecule has 226 valence electrons. The molecule has 0 heterocycles. The third kappa shape index (κ3) is 8.65. The van der Waals surface area contributed by atoms with E-state index in [1.807, 2.05) is 43.3 Å². The van der Waals surface area contributed by atoms with Crippen molar-refractivity contribution in [3.63, 3.8) is 0 Å². The first-order valence-corrected chi connectivity index (χ1v) is 14.6. The van der Waals surface area contributed by atoms with Gasteiger partial charge in [0.05, 0.1) is 27.1 Å². The first-order chi connectivity index (χ1) is 21.3. The Morgan fingerprint density at radius 2 is 1.32 bits per heavy atom. The lowest BCUT2D eigenvalue weighted by molar-refractivity contribution is -0.114. The smallest absolute Gasteiger partial charge is 0.272 e.